The molecule has 98 valence electrons. The van der Waals surface area contributed by atoms with Crippen LogP contribution in [-0.2, 0) is 4.74 Å². The third kappa shape index (κ3) is 3.17. The maximum atomic E-state index is 13.0. The number of thiophene rings is 1. The smallest absolute Gasteiger partial charge is 0.348 e. The number of carbonyl (C=O) groups excluding carboxylic acids is 2. The summed E-state index contributed by atoms with van der Waals surface area (Å²) in [5.74, 6) is -1.32. The summed E-state index contributed by atoms with van der Waals surface area (Å²) in [4.78, 5) is 23.8. The number of ether oxygens (including phenoxy) is 1. The number of rotatable bonds is 3. The predicted octanol–water partition coefficient (Wildman–Crippen LogP) is 2.93. The molecule has 0 aliphatic carbocycles. The lowest BCUT2D eigenvalue weighted by Gasteiger charge is -2.02. The van der Waals surface area contributed by atoms with Gasteiger partial charge in [0.05, 0.1) is 12.0 Å². The fraction of sp³-hybridized carbons (Fsp3) is 0.0769. The molecule has 0 aliphatic heterocycles. The Morgan fingerprint density at radius 2 is 1.95 bits per heavy atom. The third-order valence-electron chi connectivity index (χ3n) is 2.30. The number of methoxy groups -OCH3 is 1. The average molecular weight is 279 g/mol. The normalized spacial score (nSPS) is 10.0. The van der Waals surface area contributed by atoms with E-state index >= 15 is 0 Å². The first-order valence-corrected chi connectivity index (χ1v) is 6.17. The predicted molar refractivity (Wildman–Crippen MR) is 70.0 cm³/mol. The van der Waals surface area contributed by atoms with Crippen LogP contribution >= 0.6 is 11.3 Å². The number of anilines is 1. The molecule has 6 heteroatoms. The number of halogens is 1. The number of hydrogen-bond acceptors (Lipinski definition) is 4. The lowest BCUT2D eigenvalue weighted by molar-refractivity contribution is 0.0606. The van der Waals surface area contributed by atoms with Gasteiger partial charge in [-0.05, 0) is 30.3 Å². The van der Waals surface area contributed by atoms with Gasteiger partial charge >= 0.3 is 5.97 Å². The fourth-order valence-corrected chi connectivity index (χ4v) is 2.25. The molecule has 1 aromatic heterocycles. The standard InChI is InChI=1S/C13H10FNO3S/c1-18-13(17)11-6-5-10(19-11)12(16)15-9-4-2-3-8(14)7-9/h2-7H,1H3,(H,15,16). The Labute approximate surface area is 112 Å². The Bertz CT molecular complexity index is 624. The van der Waals surface area contributed by atoms with Crippen molar-refractivity contribution in [3.63, 3.8) is 0 Å². The van der Waals surface area contributed by atoms with Gasteiger partial charge in [-0.1, -0.05) is 6.07 Å². The van der Waals surface area contributed by atoms with Crippen LogP contribution in [0.5, 0.6) is 0 Å². The summed E-state index contributed by atoms with van der Waals surface area (Å²) in [6, 6.07) is 8.61. The van der Waals surface area contributed by atoms with Crippen molar-refractivity contribution in [3.8, 4) is 0 Å². The Hall–Kier alpha value is -2.21. The molecule has 0 bridgehead atoms. The molecular formula is C13H10FNO3S. The Balaban J connectivity index is 2.12. The van der Waals surface area contributed by atoms with E-state index in [1.165, 1.54) is 37.4 Å². The second-order valence-corrected chi connectivity index (χ2v) is 4.70. The van der Waals surface area contributed by atoms with Crippen molar-refractivity contribution in [1.29, 1.82) is 0 Å². The molecule has 0 unspecified atom stereocenters. The van der Waals surface area contributed by atoms with Gasteiger partial charge in [0.1, 0.15) is 10.7 Å². The van der Waals surface area contributed by atoms with Crippen LogP contribution in [0.3, 0.4) is 0 Å². The SMILES string of the molecule is COC(=O)c1ccc(C(=O)Nc2cccc(F)c2)s1. The van der Waals surface area contributed by atoms with Crippen LogP contribution in [0.1, 0.15) is 19.3 Å². The zero-order chi connectivity index (χ0) is 13.8. The summed E-state index contributed by atoms with van der Waals surface area (Å²) >= 11 is 1.02. The molecule has 1 heterocycles. The molecule has 2 aromatic rings. The van der Waals surface area contributed by atoms with Crippen molar-refractivity contribution in [3.05, 3.63) is 52.0 Å². The number of nitrogens with one attached hydrogen (secondary N) is 1. The van der Waals surface area contributed by atoms with E-state index in [-0.39, 0.29) is 0 Å². The average Bonchev–Trinajstić information content (AvgIpc) is 2.87. The van der Waals surface area contributed by atoms with Gasteiger partial charge in [0.25, 0.3) is 5.91 Å². The van der Waals surface area contributed by atoms with E-state index in [1.807, 2.05) is 0 Å². The molecule has 1 N–H and O–H groups in total. The van der Waals surface area contributed by atoms with Gasteiger partial charge < -0.3 is 10.1 Å². The van der Waals surface area contributed by atoms with Crippen LogP contribution in [0.2, 0.25) is 0 Å². The molecule has 0 saturated heterocycles. The molecule has 1 amide bonds. The number of amides is 1. The van der Waals surface area contributed by atoms with Crippen LogP contribution in [0, 0.1) is 5.82 Å². The number of carbonyl (C=O) groups is 2. The number of esters is 1. The van der Waals surface area contributed by atoms with Crippen LogP contribution < -0.4 is 5.32 Å². The lowest BCUT2D eigenvalue weighted by Crippen LogP contribution is -2.10. The summed E-state index contributed by atoms with van der Waals surface area (Å²) in [6.45, 7) is 0. The minimum absolute atomic E-state index is 0.340. The van der Waals surface area contributed by atoms with Gasteiger partial charge in [-0.25, -0.2) is 9.18 Å². The van der Waals surface area contributed by atoms with Crippen molar-refractivity contribution in [2.24, 2.45) is 0 Å². The maximum absolute atomic E-state index is 13.0. The van der Waals surface area contributed by atoms with E-state index in [0.29, 0.717) is 15.4 Å². The van der Waals surface area contributed by atoms with Crippen LogP contribution in [0.15, 0.2) is 36.4 Å². The molecule has 0 atom stereocenters. The summed E-state index contributed by atoms with van der Waals surface area (Å²) < 4.78 is 17.5. The summed E-state index contributed by atoms with van der Waals surface area (Å²) in [5.41, 5.74) is 0.359. The molecule has 2 rings (SSSR count). The fourth-order valence-electron chi connectivity index (χ4n) is 1.43. The Morgan fingerprint density at radius 3 is 2.63 bits per heavy atom. The number of benzene rings is 1. The lowest BCUT2D eigenvalue weighted by atomic mass is 10.3. The Kier molecular flexibility index (Phi) is 3.91. The zero-order valence-corrected chi connectivity index (χ0v) is 10.8. The summed E-state index contributed by atoms with van der Waals surface area (Å²) in [7, 11) is 1.27. The molecular weight excluding hydrogens is 269 g/mol. The Morgan fingerprint density at radius 1 is 1.21 bits per heavy atom. The molecule has 0 spiro atoms. The van der Waals surface area contributed by atoms with Gasteiger partial charge in [-0.15, -0.1) is 11.3 Å². The first-order chi connectivity index (χ1) is 9.10. The molecule has 0 saturated carbocycles. The van der Waals surface area contributed by atoms with Gasteiger partial charge in [-0.2, -0.15) is 0 Å². The quantitative estimate of drug-likeness (QED) is 0.879. The van der Waals surface area contributed by atoms with Gasteiger partial charge in [-0.3, -0.25) is 4.79 Å². The minimum atomic E-state index is -0.491. The topological polar surface area (TPSA) is 55.4 Å². The van der Waals surface area contributed by atoms with Crippen LogP contribution in [0.4, 0.5) is 10.1 Å². The zero-order valence-electron chi connectivity index (χ0n) is 9.98. The second kappa shape index (κ2) is 5.62. The second-order valence-electron chi connectivity index (χ2n) is 3.62. The maximum Gasteiger partial charge on any atom is 0.348 e. The highest BCUT2D eigenvalue weighted by atomic mass is 32.1. The van der Waals surface area contributed by atoms with E-state index in [4.69, 9.17) is 0 Å². The van der Waals surface area contributed by atoms with Crippen molar-refractivity contribution in [2.45, 2.75) is 0 Å². The molecule has 19 heavy (non-hydrogen) atoms. The largest absolute Gasteiger partial charge is 0.465 e. The minimum Gasteiger partial charge on any atom is -0.465 e. The monoisotopic (exact) mass is 279 g/mol. The molecule has 0 fully saturated rings. The van der Waals surface area contributed by atoms with E-state index in [2.05, 4.69) is 10.1 Å². The molecule has 0 aliphatic rings. The van der Waals surface area contributed by atoms with E-state index in [1.54, 1.807) is 6.07 Å². The van der Waals surface area contributed by atoms with Gasteiger partial charge in [0, 0.05) is 5.69 Å². The summed E-state index contributed by atoms with van der Waals surface area (Å²) in [5, 5.41) is 2.55. The van der Waals surface area contributed by atoms with E-state index in [9.17, 15) is 14.0 Å². The first kappa shape index (κ1) is 13.2. The van der Waals surface area contributed by atoms with E-state index < -0.39 is 17.7 Å². The molecule has 4 nitrogen and oxygen atoms in total. The molecule has 1 aromatic carbocycles. The van der Waals surface area contributed by atoms with Crippen molar-refractivity contribution >= 4 is 28.9 Å². The highest BCUT2D eigenvalue weighted by Gasteiger charge is 2.14. The van der Waals surface area contributed by atoms with Crippen LogP contribution in [0.25, 0.3) is 0 Å². The van der Waals surface area contributed by atoms with E-state index in [0.717, 1.165) is 11.3 Å². The summed E-state index contributed by atoms with van der Waals surface area (Å²) in [6.07, 6.45) is 0. The van der Waals surface area contributed by atoms with Crippen molar-refractivity contribution in [2.75, 3.05) is 12.4 Å². The van der Waals surface area contributed by atoms with Gasteiger partial charge in [0.15, 0.2) is 0 Å². The van der Waals surface area contributed by atoms with Gasteiger partial charge in [0.2, 0.25) is 0 Å². The van der Waals surface area contributed by atoms with Crippen LogP contribution in [-0.4, -0.2) is 19.0 Å². The third-order valence-corrected chi connectivity index (χ3v) is 3.36. The first-order valence-electron chi connectivity index (χ1n) is 5.35. The highest BCUT2D eigenvalue weighted by molar-refractivity contribution is 7.16. The molecule has 0 radical (unpaired) electrons. The van der Waals surface area contributed by atoms with Crippen molar-refractivity contribution in [1.82, 2.24) is 0 Å². The van der Waals surface area contributed by atoms with Crippen molar-refractivity contribution < 1.29 is 18.7 Å². The highest BCUT2D eigenvalue weighted by Crippen LogP contribution is 2.19. The number of hydrogen-bond donors (Lipinski definition) is 1.